The number of hydrogen-bond donors (Lipinski definition) is 2. The quantitative estimate of drug-likeness (QED) is 0.872. The number of thiophene rings is 1. The van der Waals surface area contributed by atoms with E-state index in [2.05, 4.69) is 10.6 Å². The molecule has 0 radical (unpaired) electrons. The first-order valence-corrected chi connectivity index (χ1v) is 7.29. The minimum Gasteiger partial charge on any atom is -0.352 e. The SMILES string of the molecule is CNCC(C)C(=O)N1CCNC(=O)C1c1cccs1.Cl. The summed E-state index contributed by atoms with van der Waals surface area (Å²) in [5.41, 5.74) is 0. The molecule has 2 atom stereocenters. The van der Waals surface area contributed by atoms with Crippen LogP contribution in [0, 0.1) is 5.92 Å². The van der Waals surface area contributed by atoms with E-state index in [1.54, 1.807) is 4.90 Å². The van der Waals surface area contributed by atoms with Gasteiger partial charge in [0.2, 0.25) is 11.8 Å². The molecule has 112 valence electrons. The average Bonchev–Trinajstić information content (AvgIpc) is 2.91. The molecule has 0 saturated carbocycles. The summed E-state index contributed by atoms with van der Waals surface area (Å²) in [5.74, 6) is -0.181. The van der Waals surface area contributed by atoms with Crippen molar-refractivity contribution in [2.24, 2.45) is 5.92 Å². The van der Waals surface area contributed by atoms with Crippen molar-refractivity contribution in [2.45, 2.75) is 13.0 Å². The number of amides is 2. The Morgan fingerprint density at radius 1 is 1.65 bits per heavy atom. The summed E-state index contributed by atoms with van der Waals surface area (Å²) in [4.78, 5) is 27.1. The van der Waals surface area contributed by atoms with Gasteiger partial charge in [-0.05, 0) is 18.5 Å². The number of rotatable bonds is 4. The van der Waals surface area contributed by atoms with E-state index in [0.717, 1.165) is 4.88 Å². The minimum atomic E-state index is -0.472. The zero-order chi connectivity index (χ0) is 13.8. The number of hydrogen-bond acceptors (Lipinski definition) is 4. The molecule has 1 aliphatic heterocycles. The molecule has 7 heteroatoms. The molecule has 0 spiro atoms. The van der Waals surface area contributed by atoms with Crippen molar-refractivity contribution in [3.63, 3.8) is 0 Å². The molecule has 2 amide bonds. The minimum absolute atomic E-state index is 0. The van der Waals surface area contributed by atoms with Gasteiger partial charge in [-0.3, -0.25) is 9.59 Å². The number of piperazine rings is 1. The van der Waals surface area contributed by atoms with Crippen LogP contribution in [0.2, 0.25) is 0 Å². The Kier molecular flexibility index (Phi) is 6.45. The van der Waals surface area contributed by atoms with Crippen LogP contribution >= 0.6 is 23.7 Å². The summed E-state index contributed by atoms with van der Waals surface area (Å²) in [6.07, 6.45) is 0. The van der Waals surface area contributed by atoms with Crippen LogP contribution in [0.1, 0.15) is 17.8 Å². The van der Waals surface area contributed by atoms with Crippen molar-refractivity contribution >= 4 is 35.6 Å². The molecule has 1 aromatic rings. The van der Waals surface area contributed by atoms with Gasteiger partial charge in [0.1, 0.15) is 6.04 Å². The smallest absolute Gasteiger partial charge is 0.248 e. The molecular weight excluding hydrogens is 298 g/mol. The fraction of sp³-hybridized carbons (Fsp3) is 0.538. The lowest BCUT2D eigenvalue weighted by Crippen LogP contribution is -2.53. The van der Waals surface area contributed by atoms with Crippen LogP contribution in [-0.2, 0) is 9.59 Å². The molecule has 1 aromatic heterocycles. The molecule has 1 aliphatic rings. The molecule has 20 heavy (non-hydrogen) atoms. The van der Waals surface area contributed by atoms with Crippen molar-refractivity contribution < 1.29 is 9.59 Å². The van der Waals surface area contributed by atoms with Gasteiger partial charge >= 0.3 is 0 Å². The third-order valence-electron chi connectivity index (χ3n) is 3.24. The lowest BCUT2D eigenvalue weighted by Gasteiger charge is -2.36. The van der Waals surface area contributed by atoms with Gasteiger partial charge < -0.3 is 15.5 Å². The van der Waals surface area contributed by atoms with Gasteiger partial charge in [-0.2, -0.15) is 0 Å². The van der Waals surface area contributed by atoms with Gasteiger partial charge in [0.05, 0.1) is 0 Å². The van der Waals surface area contributed by atoms with Crippen molar-refractivity contribution in [1.82, 2.24) is 15.5 Å². The molecule has 1 saturated heterocycles. The molecule has 2 rings (SSSR count). The number of halogens is 1. The predicted molar refractivity (Wildman–Crippen MR) is 82.1 cm³/mol. The summed E-state index contributed by atoms with van der Waals surface area (Å²) in [5, 5.41) is 7.76. The first-order chi connectivity index (χ1) is 9.15. The highest BCUT2D eigenvalue weighted by molar-refractivity contribution is 7.10. The predicted octanol–water partition coefficient (Wildman–Crippen LogP) is 1.02. The third-order valence-corrected chi connectivity index (χ3v) is 4.16. The second kappa shape index (κ2) is 7.61. The summed E-state index contributed by atoms with van der Waals surface area (Å²) in [7, 11) is 1.82. The highest BCUT2D eigenvalue weighted by atomic mass is 35.5. The molecule has 0 bridgehead atoms. The molecule has 1 fully saturated rings. The van der Waals surface area contributed by atoms with Crippen LogP contribution in [0.4, 0.5) is 0 Å². The summed E-state index contributed by atoms with van der Waals surface area (Å²) >= 11 is 1.51. The number of carbonyl (C=O) groups excluding carboxylic acids is 2. The van der Waals surface area contributed by atoms with E-state index in [-0.39, 0.29) is 30.1 Å². The average molecular weight is 318 g/mol. The van der Waals surface area contributed by atoms with Crippen molar-refractivity contribution in [2.75, 3.05) is 26.7 Å². The molecule has 0 aliphatic carbocycles. The summed E-state index contributed by atoms with van der Waals surface area (Å²) in [6, 6.07) is 3.34. The third kappa shape index (κ3) is 3.50. The lowest BCUT2D eigenvalue weighted by molar-refractivity contribution is -0.146. The maximum atomic E-state index is 12.4. The number of nitrogens with one attached hydrogen (secondary N) is 2. The monoisotopic (exact) mass is 317 g/mol. The molecular formula is C13H20ClN3O2S. The standard InChI is InChI=1S/C13H19N3O2S.ClH/c1-9(8-14-2)13(18)16-6-5-15-12(17)11(16)10-4-3-7-19-10;/h3-4,7,9,11,14H,5-6,8H2,1-2H3,(H,15,17);1H. The lowest BCUT2D eigenvalue weighted by atomic mass is 10.1. The molecule has 2 N–H and O–H groups in total. The Hall–Kier alpha value is -1.11. The fourth-order valence-electron chi connectivity index (χ4n) is 2.31. The second-order valence-corrected chi connectivity index (χ2v) is 5.68. The normalized spacial score (nSPS) is 20.0. The highest BCUT2D eigenvalue weighted by Gasteiger charge is 2.36. The van der Waals surface area contributed by atoms with E-state index < -0.39 is 6.04 Å². The number of carbonyl (C=O) groups is 2. The first-order valence-electron chi connectivity index (χ1n) is 6.41. The summed E-state index contributed by atoms with van der Waals surface area (Å²) < 4.78 is 0. The topological polar surface area (TPSA) is 61.4 Å². The van der Waals surface area contributed by atoms with Crippen LogP contribution in [0.25, 0.3) is 0 Å². The van der Waals surface area contributed by atoms with Crippen molar-refractivity contribution in [1.29, 1.82) is 0 Å². The molecule has 0 aromatic carbocycles. The van der Waals surface area contributed by atoms with Crippen molar-refractivity contribution in [3.05, 3.63) is 22.4 Å². The Bertz CT molecular complexity index is 452. The van der Waals surface area contributed by atoms with E-state index in [1.165, 1.54) is 11.3 Å². The molecule has 2 unspecified atom stereocenters. The Labute approximate surface area is 129 Å². The van der Waals surface area contributed by atoms with Gasteiger partial charge in [-0.1, -0.05) is 13.0 Å². The van der Waals surface area contributed by atoms with Crippen molar-refractivity contribution in [3.8, 4) is 0 Å². The zero-order valence-electron chi connectivity index (χ0n) is 11.6. The molecule has 2 heterocycles. The first kappa shape index (κ1) is 16.9. The fourth-order valence-corrected chi connectivity index (χ4v) is 3.15. The van der Waals surface area contributed by atoms with Crippen LogP contribution in [0.15, 0.2) is 17.5 Å². The second-order valence-electron chi connectivity index (χ2n) is 4.70. The van der Waals surface area contributed by atoms with Gasteiger partial charge in [-0.15, -0.1) is 23.7 Å². The molecule has 5 nitrogen and oxygen atoms in total. The van der Waals surface area contributed by atoms with Crippen LogP contribution in [0.5, 0.6) is 0 Å². The highest BCUT2D eigenvalue weighted by Crippen LogP contribution is 2.28. The summed E-state index contributed by atoms with van der Waals surface area (Å²) in [6.45, 7) is 3.60. The van der Waals surface area contributed by atoms with E-state index in [1.807, 2.05) is 31.5 Å². The van der Waals surface area contributed by atoms with E-state index in [4.69, 9.17) is 0 Å². The Morgan fingerprint density at radius 3 is 3.00 bits per heavy atom. The van der Waals surface area contributed by atoms with E-state index in [9.17, 15) is 9.59 Å². The van der Waals surface area contributed by atoms with Gasteiger partial charge in [0, 0.05) is 30.4 Å². The number of nitrogens with zero attached hydrogens (tertiary/aromatic N) is 1. The van der Waals surface area contributed by atoms with Crippen LogP contribution in [-0.4, -0.2) is 43.4 Å². The van der Waals surface area contributed by atoms with Crippen LogP contribution < -0.4 is 10.6 Å². The van der Waals surface area contributed by atoms with E-state index >= 15 is 0 Å². The van der Waals surface area contributed by atoms with Crippen LogP contribution in [0.3, 0.4) is 0 Å². The Balaban J connectivity index is 0.00000200. The van der Waals surface area contributed by atoms with Gasteiger partial charge in [-0.25, -0.2) is 0 Å². The van der Waals surface area contributed by atoms with Gasteiger partial charge in [0.15, 0.2) is 0 Å². The maximum Gasteiger partial charge on any atom is 0.248 e. The van der Waals surface area contributed by atoms with E-state index in [0.29, 0.717) is 19.6 Å². The Morgan fingerprint density at radius 2 is 2.40 bits per heavy atom. The zero-order valence-corrected chi connectivity index (χ0v) is 13.2. The maximum absolute atomic E-state index is 12.4. The van der Waals surface area contributed by atoms with Gasteiger partial charge in [0.25, 0.3) is 0 Å². The largest absolute Gasteiger partial charge is 0.352 e.